The number of nitrogens with zero attached hydrogens (tertiary/aromatic N) is 4. The topological polar surface area (TPSA) is 101 Å². The number of aryl methyl sites for hydroxylation is 2. The SMILES string of the molecule is Cc1ccc(-c2cc(C(=O)NC(C)c3cnc(C)nc3)cc(C(O)c3ccccn3)c2)nc1. The Morgan fingerprint density at radius 2 is 1.70 bits per heavy atom. The van der Waals surface area contributed by atoms with Gasteiger partial charge in [0.05, 0.1) is 17.4 Å². The van der Waals surface area contributed by atoms with Crippen LogP contribution in [-0.2, 0) is 0 Å². The van der Waals surface area contributed by atoms with Crippen molar-refractivity contribution < 1.29 is 9.90 Å². The minimum Gasteiger partial charge on any atom is -0.382 e. The zero-order valence-electron chi connectivity index (χ0n) is 18.7. The summed E-state index contributed by atoms with van der Waals surface area (Å²) in [6.45, 7) is 5.65. The average Bonchev–Trinajstić information content (AvgIpc) is 2.84. The average molecular weight is 440 g/mol. The first kappa shape index (κ1) is 22.2. The molecule has 0 spiro atoms. The summed E-state index contributed by atoms with van der Waals surface area (Å²) in [7, 11) is 0. The van der Waals surface area contributed by atoms with Crippen LogP contribution in [0.5, 0.6) is 0 Å². The number of rotatable bonds is 6. The number of benzene rings is 1. The molecular weight excluding hydrogens is 414 g/mol. The molecule has 166 valence electrons. The molecule has 2 N–H and O–H groups in total. The van der Waals surface area contributed by atoms with E-state index in [1.807, 2.05) is 45.0 Å². The van der Waals surface area contributed by atoms with E-state index < -0.39 is 6.10 Å². The van der Waals surface area contributed by atoms with Gasteiger partial charge in [-0.25, -0.2) is 9.97 Å². The minimum atomic E-state index is -0.980. The van der Waals surface area contributed by atoms with Crippen LogP contribution in [0.3, 0.4) is 0 Å². The molecule has 3 aromatic heterocycles. The van der Waals surface area contributed by atoms with Crippen LogP contribution in [0.25, 0.3) is 11.3 Å². The Balaban J connectivity index is 1.69. The van der Waals surface area contributed by atoms with Crippen molar-refractivity contribution in [2.24, 2.45) is 0 Å². The summed E-state index contributed by atoms with van der Waals surface area (Å²) in [5.41, 5.74) is 4.77. The molecule has 4 aromatic rings. The molecule has 0 aliphatic carbocycles. The summed E-state index contributed by atoms with van der Waals surface area (Å²) in [4.78, 5) is 30.3. The number of pyridine rings is 2. The molecule has 2 atom stereocenters. The largest absolute Gasteiger partial charge is 0.382 e. The highest BCUT2D eigenvalue weighted by molar-refractivity contribution is 5.96. The van der Waals surface area contributed by atoms with Gasteiger partial charge in [-0.2, -0.15) is 0 Å². The van der Waals surface area contributed by atoms with E-state index in [4.69, 9.17) is 0 Å². The molecule has 0 bridgehead atoms. The van der Waals surface area contributed by atoms with Crippen LogP contribution in [0.2, 0.25) is 0 Å². The normalized spacial score (nSPS) is 12.7. The molecule has 0 saturated heterocycles. The van der Waals surface area contributed by atoms with Gasteiger partial charge < -0.3 is 10.4 Å². The van der Waals surface area contributed by atoms with E-state index in [-0.39, 0.29) is 11.9 Å². The Labute approximate surface area is 192 Å². The molecule has 0 aliphatic heterocycles. The highest BCUT2D eigenvalue weighted by atomic mass is 16.3. The summed E-state index contributed by atoms with van der Waals surface area (Å²) in [5.74, 6) is 0.398. The summed E-state index contributed by atoms with van der Waals surface area (Å²) >= 11 is 0. The van der Waals surface area contributed by atoms with Crippen molar-refractivity contribution in [3.8, 4) is 11.3 Å². The molecule has 7 nitrogen and oxygen atoms in total. The quantitative estimate of drug-likeness (QED) is 0.469. The molecular formula is C26H25N5O2. The molecule has 7 heteroatoms. The van der Waals surface area contributed by atoms with E-state index >= 15 is 0 Å². The van der Waals surface area contributed by atoms with Crippen molar-refractivity contribution in [2.45, 2.75) is 32.9 Å². The lowest BCUT2D eigenvalue weighted by molar-refractivity contribution is 0.0939. The number of nitrogens with one attached hydrogen (secondary N) is 1. The van der Waals surface area contributed by atoms with E-state index in [0.29, 0.717) is 28.3 Å². The van der Waals surface area contributed by atoms with Crippen molar-refractivity contribution in [3.05, 3.63) is 107 Å². The third kappa shape index (κ3) is 5.27. The van der Waals surface area contributed by atoms with Crippen LogP contribution in [0.1, 0.15) is 57.6 Å². The van der Waals surface area contributed by atoms with E-state index in [9.17, 15) is 9.90 Å². The van der Waals surface area contributed by atoms with Crippen LogP contribution in [0.15, 0.2) is 73.3 Å². The fraction of sp³-hybridized carbons (Fsp3) is 0.192. The molecule has 0 radical (unpaired) electrons. The highest BCUT2D eigenvalue weighted by Crippen LogP contribution is 2.27. The van der Waals surface area contributed by atoms with Gasteiger partial charge in [-0.05, 0) is 68.3 Å². The van der Waals surface area contributed by atoms with E-state index in [1.54, 1.807) is 49.1 Å². The van der Waals surface area contributed by atoms with Crippen molar-refractivity contribution in [1.29, 1.82) is 0 Å². The Bertz CT molecular complexity index is 1240. The fourth-order valence-corrected chi connectivity index (χ4v) is 3.43. The van der Waals surface area contributed by atoms with E-state index in [2.05, 4.69) is 25.3 Å². The van der Waals surface area contributed by atoms with Gasteiger partial charge in [0.25, 0.3) is 5.91 Å². The van der Waals surface area contributed by atoms with E-state index in [0.717, 1.165) is 16.7 Å². The number of carbonyl (C=O) groups is 1. The maximum absolute atomic E-state index is 13.2. The number of hydrogen-bond donors (Lipinski definition) is 2. The summed E-state index contributed by atoms with van der Waals surface area (Å²) < 4.78 is 0. The van der Waals surface area contributed by atoms with Crippen molar-refractivity contribution in [2.75, 3.05) is 0 Å². The van der Waals surface area contributed by atoms with Gasteiger partial charge in [-0.15, -0.1) is 0 Å². The third-order valence-electron chi connectivity index (χ3n) is 5.36. The second-order valence-corrected chi connectivity index (χ2v) is 7.98. The Morgan fingerprint density at radius 3 is 2.36 bits per heavy atom. The maximum atomic E-state index is 13.2. The summed E-state index contributed by atoms with van der Waals surface area (Å²) in [6, 6.07) is 14.2. The first-order valence-corrected chi connectivity index (χ1v) is 10.7. The highest BCUT2D eigenvalue weighted by Gasteiger charge is 2.19. The third-order valence-corrected chi connectivity index (χ3v) is 5.36. The van der Waals surface area contributed by atoms with Crippen LogP contribution < -0.4 is 5.32 Å². The zero-order chi connectivity index (χ0) is 23.4. The molecule has 0 aliphatic rings. The lowest BCUT2D eigenvalue weighted by atomic mass is 9.97. The second kappa shape index (κ2) is 9.67. The van der Waals surface area contributed by atoms with Crippen LogP contribution >= 0.6 is 0 Å². The summed E-state index contributed by atoms with van der Waals surface area (Å²) in [5, 5.41) is 14.0. The standard InChI is InChI=1S/C26H25N5O2/c1-16-7-8-23(30-13-16)19-10-20(25(32)24-6-4-5-9-27-24)12-21(11-19)26(33)31-17(2)22-14-28-18(3)29-15-22/h4-15,17,25,32H,1-3H3,(H,31,33). The molecule has 1 amide bonds. The number of hydrogen-bond acceptors (Lipinski definition) is 6. The first-order chi connectivity index (χ1) is 15.9. The Hall–Kier alpha value is -3.97. The number of aliphatic hydroxyl groups excluding tert-OH is 1. The smallest absolute Gasteiger partial charge is 0.251 e. The van der Waals surface area contributed by atoms with Gasteiger partial charge in [0.2, 0.25) is 0 Å². The molecule has 1 aromatic carbocycles. The Morgan fingerprint density at radius 1 is 0.909 bits per heavy atom. The van der Waals surface area contributed by atoms with Crippen LogP contribution in [0, 0.1) is 13.8 Å². The lowest BCUT2D eigenvalue weighted by Gasteiger charge is -2.17. The number of aliphatic hydroxyl groups is 1. The van der Waals surface area contributed by atoms with Gasteiger partial charge in [0, 0.05) is 41.5 Å². The van der Waals surface area contributed by atoms with Gasteiger partial charge in [0.15, 0.2) is 0 Å². The number of carbonyl (C=O) groups excluding carboxylic acids is 1. The monoisotopic (exact) mass is 439 g/mol. The maximum Gasteiger partial charge on any atom is 0.251 e. The second-order valence-electron chi connectivity index (χ2n) is 7.98. The molecule has 4 rings (SSSR count). The van der Waals surface area contributed by atoms with Crippen LogP contribution in [-0.4, -0.2) is 30.9 Å². The van der Waals surface area contributed by atoms with E-state index in [1.165, 1.54) is 0 Å². The van der Waals surface area contributed by atoms with Gasteiger partial charge in [-0.1, -0.05) is 12.1 Å². The van der Waals surface area contributed by atoms with Crippen molar-refractivity contribution in [3.63, 3.8) is 0 Å². The molecule has 2 unspecified atom stereocenters. The predicted molar refractivity (Wildman–Crippen MR) is 125 cm³/mol. The van der Waals surface area contributed by atoms with Gasteiger partial charge in [0.1, 0.15) is 11.9 Å². The number of aromatic nitrogens is 4. The van der Waals surface area contributed by atoms with Crippen molar-refractivity contribution in [1.82, 2.24) is 25.3 Å². The van der Waals surface area contributed by atoms with Crippen LogP contribution in [0.4, 0.5) is 0 Å². The lowest BCUT2D eigenvalue weighted by Crippen LogP contribution is -2.27. The zero-order valence-corrected chi connectivity index (χ0v) is 18.7. The molecule has 0 saturated carbocycles. The number of amides is 1. The molecule has 0 fully saturated rings. The van der Waals surface area contributed by atoms with Crippen molar-refractivity contribution >= 4 is 5.91 Å². The van der Waals surface area contributed by atoms with Gasteiger partial charge >= 0.3 is 0 Å². The predicted octanol–water partition coefficient (Wildman–Crippen LogP) is 4.12. The molecule has 3 heterocycles. The fourth-order valence-electron chi connectivity index (χ4n) is 3.43. The Kier molecular flexibility index (Phi) is 6.51. The minimum absolute atomic E-state index is 0.272. The first-order valence-electron chi connectivity index (χ1n) is 10.7. The molecule has 33 heavy (non-hydrogen) atoms. The van der Waals surface area contributed by atoms with Gasteiger partial charge in [-0.3, -0.25) is 14.8 Å². The summed E-state index contributed by atoms with van der Waals surface area (Å²) in [6.07, 6.45) is 5.83.